The van der Waals surface area contributed by atoms with Gasteiger partial charge in [-0.3, -0.25) is 14.3 Å². The van der Waals surface area contributed by atoms with E-state index in [1.165, 1.54) is 17.4 Å². The van der Waals surface area contributed by atoms with Crippen LogP contribution in [0.15, 0.2) is 9.59 Å². The summed E-state index contributed by atoms with van der Waals surface area (Å²) in [5.41, 5.74) is 5.24. The number of hydrogen-bond acceptors (Lipinski definition) is 5. The second-order valence-corrected chi connectivity index (χ2v) is 5.39. The topological polar surface area (TPSA) is 102 Å². The lowest BCUT2D eigenvalue weighted by molar-refractivity contribution is 0.186. The van der Waals surface area contributed by atoms with Crippen LogP contribution in [0.2, 0.25) is 0 Å². The molecule has 1 aromatic rings. The first kappa shape index (κ1) is 14.6. The molecule has 1 saturated carbocycles. The molecule has 1 aliphatic rings. The summed E-state index contributed by atoms with van der Waals surface area (Å²) >= 11 is 0. The van der Waals surface area contributed by atoms with Crippen LogP contribution in [0.3, 0.4) is 0 Å². The highest BCUT2D eigenvalue weighted by atomic mass is 16.5. The molecule has 1 unspecified atom stereocenters. The van der Waals surface area contributed by atoms with E-state index in [4.69, 9.17) is 10.5 Å². The third-order valence-electron chi connectivity index (χ3n) is 3.53. The Morgan fingerprint density at radius 3 is 2.80 bits per heavy atom. The van der Waals surface area contributed by atoms with Gasteiger partial charge in [-0.1, -0.05) is 12.8 Å². The quantitative estimate of drug-likeness (QED) is 0.670. The van der Waals surface area contributed by atoms with Crippen molar-refractivity contribution < 1.29 is 4.74 Å². The Kier molecular flexibility index (Phi) is 4.49. The van der Waals surface area contributed by atoms with Crippen LogP contribution in [0.1, 0.15) is 26.2 Å². The molecule has 1 aliphatic carbocycles. The number of methoxy groups -OCH3 is 1. The number of rotatable bonds is 7. The minimum atomic E-state index is -0.509. The molecule has 7 heteroatoms. The fourth-order valence-corrected chi connectivity index (χ4v) is 2.29. The number of aromatic amines is 1. The summed E-state index contributed by atoms with van der Waals surface area (Å²) in [5.74, 6) is 0.913. The Morgan fingerprint density at radius 2 is 2.20 bits per heavy atom. The Morgan fingerprint density at radius 1 is 1.50 bits per heavy atom. The van der Waals surface area contributed by atoms with E-state index >= 15 is 0 Å². The Balaban J connectivity index is 2.21. The maximum absolute atomic E-state index is 11.9. The second-order valence-electron chi connectivity index (χ2n) is 5.39. The van der Waals surface area contributed by atoms with Gasteiger partial charge in [0.1, 0.15) is 11.5 Å². The van der Waals surface area contributed by atoms with E-state index < -0.39 is 11.2 Å². The van der Waals surface area contributed by atoms with Crippen LogP contribution in [0.4, 0.5) is 11.5 Å². The summed E-state index contributed by atoms with van der Waals surface area (Å²) in [4.78, 5) is 25.9. The van der Waals surface area contributed by atoms with E-state index in [1.54, 1.807) is 7.11 Å². The van der Waals surface area contributed by atoms with Crippen molar-refractivity contribution in [2.45, 2.75) is 38.8 Å². The van der Waals surface area contributed by atoms with Gasteiger partial charge < -0.3 is 15.8 Å². The SMILES string of the molecule is COCCn1c(N)c(NC(C)CC2CC2)c(=O)[nH]c1=O. The summed E-state index contributed by atoms with van der Waals surface area (Å²) in [7, 11) is 1.55. The average Bonchev–Trinajstić information content (AvgIpc) is 3.18. The molecule has 20 heavy (non-hydrogen) atoms. The zero-order valence-electron chi connectivity index (χ0n) is 11.9. The standard InChI is InChI=1S/C13H22N4O3/c1-8(7-9-3-4-9)15-10-11(14)17(5-6-20-2)13(19)16-12(10)18/h8-9,15H,3-7,14H2,1-2H3,(H,16,18,19). The first-order chi connectivity index (χ1) is 9.52. The first-order valence-electron chi connectivity index (χ1n) is 6.91. The predicted molar refractivity (Wildman–Crippen MR) is 78.0 cm³/mol. The maximum atomic E-state index is 11.9. The Hall–Kier alpha value is -1.76. The van der Waals surface area contributed by atoms with Crippen molar-refractivity contribution >= 4 is 11.5 Å². The van der Waals surface area contributed by atoms with E-state index in [2.05, 4.69) is 10.3 Å². The van der Waals surface area contributed by atoms with E-state index in [0.717, 1.165) is 12.3 Å². The number of aromatic nitrogens is 2. The third kappa shape index (κ3) is 3.41. The largest absolute Gasteiger partial charge is 0.383 e. The van der Waals surface area contributed by atoms with Crippen molar-refractivity contribution in [3.63, 3.8) is 0 Å². The number of nitrogens with two attached hydrogens (primary N) is 1. The molecule has 1 atom stereocenters. The molecule has 7 nitrogen and oxygen atoms in total. The first-order valence-corrected chi connectivity index (χ1v) is 6.91. The molecule has 0 bridgehead atoms. The summed E-state index contributed by atoms with van der Waals surface area (Å²) in [6.07, 6.45) is 3.52. The van der Waals surface area contributed by atoms with Crippen LogP contribution in [-0.2, 0) is 11.3 Å². The van der Waals surface area contributed by atoms with Crippen molar-refractivity contribution in [2.24, 2.45) is 5.92 Å². The number of nitrogen functional groups attached to an aromatic ring is 1. The molecule has 1 heterocycles. The predicted octanol–water partition coefficient (Wildman–Crippen LogP) is 0.366. The summed E-state index contributed by atoms with van der Waals surface area (Å²) in [6, 6.07) is 0.152. The van der Waals surface area contributed by atoms with E-state index in [1.807, 2.05) is 6.92 Å². The zero-order chi connectivity index (χ0) is 14.7. The molecule has 4 N–H and O–H groups in total. The van der Waals surface area contributed by atoms with Gasteiger partial charge in [-0.25, -0.2) is 4.79 Å². The fourth-order valence-electron chi connectivity index (χ4n) is 2.29. The van der Waals surface area contributed by atoms with Crippen molar-refractivity contribution in [1.82, 2.24) is 9.55 Å². The van der Waals surface area contributed by atoms with Crippen LogP contribution in [0.25, 0.3) is 0 Å². The van der Waals surface area contributed by atoms with Crippen molar-refractivity contribution in [1.29, 1.82) is 0 Å². The normalized spacial score (nSPS) is 16.1. The molecule has 0 amide bonds. The van der Waals surface area contributed by atoms with Crippen molar-refractivity contribution in [3.05, 3.63) is 20.8 Å². The van der Waals surface area contributed by atoms with E-state index in [-0.39, 0.29) is 17.5 Å². The van der Waals surface area contributed by atoms with Crippen LogP contribution < -0.4 is 22.3 Å². The monoisotopic (exact) mass is 282 g/mol. The molecule has 1 fully saturated rings. The summed E-state index contributed by atoms with van der Waals surface area (Å²) < 4.78 is 6.26. The number of hydrogen-bond donors (Lipinski definition) is 3. The number of nitrogens with zero attached hydrogens (tertiary/aromatic N) is 1. The second kappa shape index (κ2) is 6.13. The number of anilines is 2. The van der Waals surface area contributed by atoms with Crippen molar-refractivity contribution in [3.8, 4) is 0 Å². The number of ether oxygens (including phenoxy) is 1. The highest BCUT2D eigenvalue weighted by Gasteiger charge is 2.24. The van der Waals surface area contributed by atoms with Gasteiger partial charge in [0.15, 0.2) is 0 Å². The van der Waals surface area contributed by atoms with Gasteiger partial charge in [0, 0.05) is 13.2 Å². The van der Waals surface area contributed by atoms with Gasteiger partial charge in [-0.05, 0) is 19.3 Å². The molecule has 0 radical (unpaired) electrons. The molecule has 2 rings (SSSR count). The van der Waals surface area contributed by atoms with Crippen LogP contribution in [0.5, 0.6) is 0 Å². The van der Waals surface area contributed by atoms with E-state index in [9.17, 15) is 9.59 Å². The van der Waals surface area contributed by atoms with E-state index in [0.29, 0.717) is 13.2 Å². The van der Waals surface area contributed by atoms with Gasteiger partial charge in [0.05, 0.1) is 13.2 Å². The van der Waals surface area contributed by atoms with Gasteiger partial charge >= 0.3 is 5.69 Å². The lowest BCUT2D eigenvalue weighted by Crippen LogP contribution is -2.36. The third-order valence-corrected chi connectivity index (χ3v) is 3.53. The molecule has 1 aromatic heterocycles. The zero-order valence-corrected chi connectivity index (χ0v) is 11.9. The molecular formula is C13H22N4O3. The molecular weight excluding hydrogens is 260 g/mol. The lowest BCUT2D eigenvalue weighted by Gasteiger charge is -2.18. The molecule has 0 saturated heterocycles. The van der Waals surface area contributed by atoms with Crippen molar-refractivity contribution in [2.75, 3.05) is 24.8 Å². The van der Waals surface area contributed by atoms with Crippen LogP contribution >= 0.6 is 0 Å². The van der Waals surface area contributed by atoms with Crippen LogP contribution in [0, 0.1) is 5.92 Å². The molecule has 0 aliphatic heterocycles. The highest BCUT2D eigenvalue weighted by molar-refractivity contribution is 5.60. The minimum absolute atomic E-state index is 0.152. The molecule has 112 valence electrons. The maximum Gasteiger partial charge on any atom is 0.330 e. The van der Waals surface area contributed by atoms with Gasteiger partial charge in [-0.2, -0.15) is 0 Å². The lowest BCUT2D eigenvalue weighted by atomic mass is 10.1. The number of H-pyrrole nitrogens is 1. The number of nitrogens with one attached hydrogen (secondary N) is 2. The smallest absolute Gasteiger partial charge is 0.330 e. The highest BCUT2D eigenvalue weighted by Crippen LogP contribution is 2.34. The minimum Gasteiger partial charge on any atom is -0.383 e. The Labute approximate surface area is 117 Å². The average molecular weight is 282 g/mol. The molecule has 0 spiro atoms. The summed E-state index contributed by atoms with van der Waals surface area (Å²) in [6.45, 7) is 2.68. The van der Waals surface area contributed by atoms with Gasteiger partial charge in [-0.15, -0.1) is 0 Å². The Bertz CT molecular complexity index is 574. The molecule has 0 aromatic carbocycles. The van der Waals surface area contributed by atoms with Gasteiger partial charge in [0.25, 0.3) is 5.56 Å². The van der Waals surface area contributed by atoms with Crippen LogP contribution in [-0.4, -0.2) is 29.3 Å². The summed E-state index contributed by atoms with van der Waals surface area (Å²) in [5, 5.41) is 3.12. The fraction of sp³-hybridized carbons (Fsp3) is 0.692. The van der Waals surface area contributed by atoms with Gasteiger partial charge in [0.2, 0.25) is 0 Å².